The molecule has 1 aliphatic heterocycles. The molecule has 1 heterocycles. The maximum Gasteiger partial charge on any atom is 0.343 e. The molecule has 0 saturated heterocycles. The fraction of sp³-hybridized carbons (Fsp3) is 0.360. The number of aliphatic imine (C=N–C) groups is 1. The van der Waals surface area contributed by atoms with Crippen molar-refractivity contribution in [3.63, 3.8) is 0 Å². The molecule has 0 unspecified atom stereocenters. The van der Waals surface area contributed by atoms with Crippen LogP contribution in [0.15, 0.2) is 63.1 Å². The largest absolute Gasteiger partial charge is 0.512 e. The highest BCUT2D eigenvalue weighted by atomic mass is 16.6. The molecule has 0 aliphatic carbocycles. The molecule has 2 rings (SSSR count). The van der Waals surface area contributed by atoms with Crippen molar-refractivity contribution in [2.75, 3.05) is 34.5 Å². The zero-order valence-corrected chi connectivity index (χ0v) is 20.6. The molecule has 0 radical (unpaired) electrons. The maximum absolute atomic E-state index is 12.7. The van der Waals surface area contributed by atoms with Crippen molar-refractivity contribution < 1.29 is 38.4 Å². The molecule has 10 heteroatoms. The van der Waals surface area contributed by atoms with Crippen LogP contribution < -0.4 is 5.32 Å². The highest BCUT2D eigenvalue weighted by molar-refractivity contribution is 6.10. The Morgan fingerprint density at radius 3 is 2.14 bits per heavy atom. The number of carbonyl (C=O) groups is 3. The molecule has 35 heavy (non-hydrogen) atoms. The molecule has 10 nitrogen and oxygen atoms in total. The van der Waals surface area contributed by atoms with E-state index in [1.165, 1.54) is 34.5 Å². The minimum atomic E-state index is -0.778. The van der Waals surface area contributed by atoms with Gasteiger partial charge >= 0.3 is 17.9 Å². The summed E-state index contributed by atoms with van der Waals surface area (Å²) >= 11 is 0. The number of aliphatic hydroxyl groups is 1. The second-order valence-electron chi connectivity index (χ2n) is 7.60. The summed E-state index contributed by atoms with van der Waals surface area (Å²) in [7, 11) is 4.00. The van der Waals surface area contributed by atoms with E-state index in [4.69, 9.17) is 18.9 Å². The first-order chi connectivity index (χ1) is 16.7. The number of dihydropyridines is 1. The zero-order chi connectivity index (χ0) is 26.1. The second kappa shape index (κ2) is 12.5. The summed E-state index contributed by atoms with van der Waals surface area (Å²) in [4.78, 5) is 41.9. The van der Waals surface area contributed by atoms with Crippen molar-refractivity contribution in [3.05, 3.63) is 63.7 Å². The molecule has 1 aromatic carbocycles. The summed E-state index contributed by atoms with van der Waals surface area (Å²) < 4.78 is 19.8. The highest BCUT2D eigenvalue weighted by Crippen LogP contribution is 2.40. The van der Waals surface area contributed by atoms with E-state index in [1.807, 2.05) is 0 Å². The van der Waals surface area contributed by atoms with Crippen LogP contribution in [0, 0.1) is 0 Å². The molecule has 0 atom stereocenters. The molecule has 1 aromatic rings. The zero-order valence-electron chi connectivity index (χ0n) is 20.6. The van der Waals surface area contributed by atoms with Crippen LogP contribution in [-0.4, -0.2) is 63.8 Å². The van der Waals surface area contributed by atoms with Crippen LogP contribution in [0.3, 0.4) is 0 Å². The number of rotatable bonds is 9. The van der Waals surface area contributed by atoms with Gasteiger partial charge in [0.15, 0.2) is 0 Å². The monoisotopic (exact) mass is 486 g/mol. The quantitative estimate of drug-likeness (QED) is 0.135. The van der Waals surface area contributed by atoms with Gasteiger partial charge in [0, 0.05) is 24.7 Å². The van der Waals surface area contributed by atoms with Crippen molar-refractivity contribution in [2.45, 2.75) is 26.7 Å². The van der Waals surface area contributed by atoms with E-state index in [-0.39, 0.29) is 35.7 Å². The van der Waals surface area contributed by atoms with Gasteiger partial charge in [0.25, 0.3) is 0 Å². The van der Waals surface area contributed by atoms with E-state index in [9.17, 15) is 19.5 Å². The van der Waals surface area contributed by atoms with Gasteiger partial charge in [-0.05, 0) is 38.5 Å². The van der Waals surface area contributed by atoms with Gasteiger partial charge in [-0.25, -0.2) is 14.4 Å². The molecular formula is C25H30N2O8. The number of hydrogen-bond acceptors (Lipinski definition) is 10. The van der Waals surface area contributed by atoms with E-state index >= 15 is 0 Å². The molecule has 0 fully saturated rings. The Kier molecular flexibility index (Phi) is 9.77. The first kappa shape index (κ1) is 27.3. The van der Waals surface area contributed by atoms with Crippen LogP contribution in [0.25, 0.3) is 0 Å². The van der Waals surface area contributed by atoms with Gasteiger partial charge in [-0.2, -0.15) is 0 Å². The van der Waals surface area contributed by atoms with Gasteiger partial charge in [0.05, 0.1) is 43.6 Å². The van der Waals surface area contributed by atoms with Crippen LogP contribution in [0.5, 0.6) is 0 Å². The molecule has 0 bridgehead atoms. The molecule has 188 valence electrons. The van der Waals surface area contributed by atoms with Gasteiger partial charge in [0.2, 0.25) is 0 Å². The summed E-state index contributed by atoms with van der Waals surface area (Å²) in [5.41, 5.74) is 2.47. The lowest BCUT2D eigenvalue weighted by atomic mass is 9.80. The predicted octanol–water partition coefficient (Wildman–Crippen LogP) is 2.99. The fourth-order valence-corrected chi connectivity index (χ4v) is 3.60. The first-order valence-corrected chi connectivity index (χ1v) is 10.7. The van der Waals surface area contributed by atoms with E-state index in [0.29, 0.717) is 22.6 Å². The number of hydrogen-bond donors (Lipinski definition) is 2. The topological polar surface area (TPSA) is 133 Å². The average molecular weight is 487 g/mol. The van der Waals surface area contributed by atoms with E-state index in [1.54, 1.807) is 38.1 Å². The Hall–Kier alpha value is -3.92. The SMILES string of the molecule is COCCOC(=O)/C(C=Nc1cccc(C2C(C(=O)OC)=C(C)NC(C)=C2C(=O)OC)c1)=C(\C)O. The lowest BCUT2D eigenvalue weighted by Crippen LogP contribution is -2.32. The van der Waals surface area contributed by atoms with Crippen LogP contribution in [0.1, 0.15) is 32.3 Å². The van der Waals surface area contributed by atoms with Crippen LogP contribution in [0.2, 0.25) is 0 Å². The number of esters is 3. The Morgan fingerprint density at radius 2 is 1.63 bits per heavy atom. The highest BCUT2D eigenvalue weighted by Gasteiger charge is 2.37. The summed E-state index contributed by atoms with van der Waals surface area (Å²) in [6.45, 7) is 5.01. The van der Waals surface area contributed by atoms with Crippen molar-refractivity contribution in [2.24, 2.45) is 4.99 Å². The summed E-state index contributed by atoms with van der Waals surface area (Å²) in [5, 5.41) is 13.0. The minimum absolute atomic E-state index is 0.0230. The van der Waals surface area contributed by atoms with Crippen molar-refractivity contribution in [3.8, 4) is 0 Å². The molecule has 1 aliphatic rings. The number of allylic oxidation sites excluding steroid dienone is 3. The van der Waals surface area contributed by atoms with E-state index < -0.39 is 23.8 Å². The third kappa shape index (κ3) is 6.57. The summed E-state index contributed by atoms with van der Waals surface area (Å²) in [6.07, 6.45) is 1.19. The Bertz CT molecular complexity index is 1070. The number of carbonyl (C=O) groups excluding carboxylic acids is 3. The van der Waals surface area contributed by atoms with Gasteiger partial charge in [-0.3, -0.25) is 4.99 Å². The summed E-state index contributed by atoms with van der Waals surface area (Å²) in [6, 6.07) is 6.78. The molecular weight excluding hydrogens is 456 g/mol. The molecule has 2 N–H and O–H groups in total. The predicted molar refractivity (Wildman–Crippen MR) is 128 cm³/mol. The van der Waals surface area contributed by atoms with Crippen molar-refractivity contribution in [1.29, 1.82) is 0 Å². The number of nitrogens with one attached hydrogen (secondary N) is 1. The summed E-state index contributed by atoms with van der Waals surface area (Å²) in [5.74, 6) is -2.98. The van der Waals surface area contributed by atoms with Gasteiger partial charge < -0.3 is 29.4 Å². The van der Waals surface area contributed by atoms with Gasteiger partial charge in [-0.15, -0.1) is 0 Å². The van der Waals surface area contributed by atoms with Crippen molar-refractivity contribution in [1.82, 2.24) is 5.32 Å². The fourth-order valence-electron chi connectivity index (χ4n) is 3.60. The normalized spacial score (nSPS) is 15.0. The number of ether oxygens (including phenoxy) is 4. The second-order valence-corrected chi connectivity index (χ2v) is 7.60. The molecule has 0 amide bonds. The van der Waals surface area contributed by atoms with Gasteiger partial charge in [0.1, 0.15) is 17.9 Å². The molecule has 0 saturated carbocycles. The third-order valence-electron chi connectivity index (χ3n) is 5.25. The van der Waals surface area contributed by atoms with Gasteiger partial charge in [-0.1, -0.05) is 12.1 Å². The Morgan fingerprint density at radius 1 is 1.03 bits per heavy atom. The Balaban J connectivity index is 2.51. The maximum atomic E-state index is 12.7. The van der Waals surface area contributed by atoms with Crippen molar-refractivity contribution >= 4 is 29.8 Å². The first-order valence-electron chi connectivity index (χ1n) is 10.7. The van der Waals surface area contributed by atoms with E-state index in [2.05, 4.69) is 10.3 Å². The van der Waals surface area contributed by atoms with Crippen LogP contribution >= 0.6 is 0 Å². The third-order valence-corrected chi connectivity index (χ3v) is 5.25. The molecule has 0 spiro atoms. The molecule has 0 aromatic heterocycles. The minimum Gasteiger partial charge on any atom is -0.512 e. The average Bonchev–Trinajstić information content (AvgIpc) is 2.83. The smallest absolute Gasteiger partial charge is 0.343 e. The van der Waals surface area contributed by atoms with E-state index in [0.717, 1.165) is 0 Å². The number of benzene rings is 1. The van der Waals surface area contributed by atoms with Crippen LogP contribution in [0.4, 0.5) is 5.69 Å². The Labute approximate surface area is 203 Å². The number of methoxy groups -OCH3 is 3. The number of nitrogens with zero attached hydrogens (tertiary/aromatic N) is 1. The lowest BCUT2D eigenvalue weighted by molar-refractivity contribution is -0.140. The lowest BCUT2D eigenvalue weighted by Gasteiger charge is -2.30. The number of aliphatic hydroxyl groups excluding tert-OH is 1. The van der Waals surface area contributed by atoms with Crippen LogP contribution in [-0.2, 0) is 33.3 Å². The standard InChI is InChI=1S/C25H30N2O8/c1-14-20(24(30)33-5)22(21(15(2)27-14)25(31)34-6)17-8-7-9-18(12-17)26-13-19(16(3)28)23(29)35-11-10-32-4/h7-9,12-13,22,27-28H,10-11H2,1-6H3/b19-16+,26-13?.